The van der Waals surface area contributed by atoms with E-state index < -0.39 is 0 Å². The Hall–Kier alpha value is -0.770. The Morgan fingerprint density at radius 3 is 2.56 bits per heavy atom. The van der Waals surface area contributed by atoms with Crippen LogP contribution in [-0.2, 0) is 4.74 Å². The van der Waals surface area contributed by atoms with E-state index in [1.807, 2.05) is 0 Å². The molecule has 1 heterocycles. The van der Waals surface area contributed by atoms with E-state index in [1.54, 1.807) is 4.90 Å². The first-order valence-electron chi connectivity index (χ1n) is 6.17. The summed E-state index contributed by atoms with van der Waals surface area (Å²) in [5, 5.41) is 3.21. The first-order valence-corrected chi connectivity index (χ1v) is 6.17. The second kappa shape index (κ2) is 6.09. The molecule has 1 saturated heterocycles. The summed E-state index contributed by atoms with van der Waals surface area (Å²) in [6.45, 7) is 10.2. The van der Waals surface area contributed by atoms with Gasteiger partial charge in [-0.1, -0.05) is 27.2 Å². The molecule has 0 aromatic heterocycles. The van der Waals surface area contributed by atoms with Gasteiger partial charge >= 0.3 is 6.09 Å². The number of carbonyl (C=O) groups is 1. The first kappa shape index (κ1) is 13.3. The summed E-state index contributed by atoms with van der Waals surface area (Å²) in [6.07, 6.45) is 2.05. The zero-order chi connectivity index (χ0) is 12.0. The van der Waals surface area contributed by atoms with Gasteiger partial charge in [0, 0.05) is 26.2 Å². The van der Waals surface area contributed by atoms with E-state index in [9.17, 15) is 4.79 Å². The molecule has 4 nitrogen and oxygen atoms in total. The maximum Gasteiger partial charge on any atom is 0.409 e. The van der Waals surface area contributed by atoms with Crippen LogP contribution in [0.2, 0.25) is 0 Å². The number of hydrogen-bond donors (Lipinski definition) is 1. The molecule has 0 aromatic rings. The molecule has 1 fully saturated rings. The molecule has 0 bridgehead atoms. The van der Waals surface area contributed by atoms with Crippen molar-refractivity contribution in [3.63, 3.8) is 0 Å². The summed E-state index contributed by atoms with van der Waals surface area (Å²) >= 11 is 0. The van der Waals surface area contributed by atoms with E-state index in [2.05, 4.69) is 26.1 Å². The Labute approximate surface area is 98.3 Å². The van der Waals surface area contributed by atoms with Crippen molar-refractivity contribution in [1.29, 1.82) is 0 Å². The lowest BCUT2D eigenvalue weighted by molar-refractivity contribution is 0.0609. The van der Waals surface area contributed by atoms with Crippen LogP contribution in [0.1, 0.15) is 33.6 Å². The van der Waals surface area contributed by atoms with Crippen molar-refractivity contribution in [2.24, 2.45) is 5.41 Å². The molecule has 1 aliphatic heterocycles. The van der Waals surface area contributed by atoms with Crippen LogP contribution in [0, 0.1) is 5.41 Å². The predicted molar refractivity (Wildman–Crippen MR) is 64.5 cm³/mol. The number of carbonyl (C=O) groups excluding carboxylic acids is 1. The summed E-state index contributed by atoms with van der Waals surface area (Å²) in [6, 6.07) is 0. The van der Waals surface area contributed by atoms with Gasteiger partial charge < -0.3 is 15.0 Å². The minimum absolute atomic E-state index is 0.0957. The number of ether oxygens (including phenoxy) is 1. The average Bonchev–Trinajstić information content (AvgIpc) is 2.27. The Morgan fingerprint density at radius 1 is 1.38 bits per heavy atom. The highest BCUT2D eigenvalue weighted by Crippen LogP contribution is 2.22. The summed E-state index contributed by atoms with van der Waals surface area (Å²) in [5.41, 5.74) is 0.0957. The number of nitrogens with one attached hydrogen (secondary N) is 1. The van der Waals surface area contributed by atoms with Gasteiger partial charge in [-0.25, -0.2) is 4.79 Å². The van der Waals surface area contributed by atoms with Gasteiger partial charge in [-0.15, -0.1) is 0 Å². The zero-order valence-electron chi connectivity index (χ0n) is 10.7. The summed E-state index contributed by atoms with van der Waals surface area (Å²) in [4.78, 5) is 13.5. The van der Waals surface area contributed by atoms with Crippen LogP contribution < -0.4 is 5.32 Å². The molecule has 1 aliphatic rings. The average molecular weight is 228 g/mol. The molecule has 0 aromatic carbocycles. The maximum absolute atomic E-state index is 11.7. The van der Waals surface area contributed by atoms with Crippen molar-refractivity contribution >= 4 is 6.09 Å². The minimum atomic E-state index is -0.161. The molecule has 0 aliphatic carbocycles. The minimum Gasteiger partial charge on any atom is -0.449 e. The Kier molecular flexibility index (Phi) is 5.06. The van der Waals surface area contributed by atoms with Crippen LogP contribution in [0.25, 0.3) is 0 Å². The lowest BCUT2D eigenvalue weighted by Gasteiger charge is -2.29. The largest absolute Gasteiger partial charge is 0.449 e. The van der Waals surface area contributed by atoms with Crippen molar-refractivity contribution in [2.45, 2.75) is 33.6 Å². The molecular weight excluding hydrogens is 204 g/mol. The third-order valence-electron chi connectivity index (χ3n) is 2.89. The van der Waals surface area contributed by atoms with E-state index >= 15 is 0 Å². The predicted octanol–water partition coefficient (Wildman–Crippen LogP) is 1.85. The van der Waals surface area contributed by atoms with Gasteiger partial charge in [-0.05, 0) is 11.8 Å². The molecule has 1 amide bonds. The van der Waals surface area contributed by atoms with Crippen molar-refractivity contribution in [1.82, 2.24) is 10.2 Å². The third-order valence-corrected chi connectivity index (χ3v) is 2.89. The normalized spacial score (nSPS) is 17.3. The summed E-state index contributed by atoms with van der Waals surface area (Å²) in [5.74, 6) is 0. The van der Waals surface area contributed by atoms with Crippen molar-refractivity contribution in [2.75, 3.05) is 32.8 Å². The molecule has 0 unspecified atom stereocenters. The highest BCUT2D eigenvalue weighted by molar-refractivity contribution is 5.67. The fraction of sp³-hybridized carbons (Fsp3) is 0.917. The van der Waals surface area contributed by atoms with Crippen LogP contribution in [-0.4, -0.2) is 43.8 Å². The van der Waals surface area contributed by atoms with E-state index in [0.29, 0.717) is 6.61 Å². The molecule has 0 spiro atoms. The number of piperazine rings is 1. The van der Waals surface area contributed by atoms with Gasteiger partial charge in [-0.2, -0.15) is 0 Å². The van der Waals surface area contributed by atoms with Gasteiger partial charge in [0.05, 0.1) is 6.61 Å². The van der Waals surface area contributed by atoms with Crippen LogP contribution in [0.3, 0.4) is 0 Å². The van der Waals surface area contributed by atoms with Gasteiger partial charge in [0.15, 0.2) is 0 Å². The van der Waals surface area contributed by atoms with Crippen LogP contribution >= 0.6 is 0 Å². The monoisotopic (exact) mass is 228 g/mol. The van der Waals surface area contributed by atoms with E-state index in [1.165, 1.54) is 0 Å². The Balaban J connectivity index is 2.28. The Bertz CT molecular complexity index is 223. The molecule has 1 rings (SSSR count). The van der Waals surface area contributed by atoms with Gasteiger partial charge in [0.2, 0.25) is 0 Å². The second-order valence-corrected chi connectivity index (χ2v) is 5.21. The standard InChI is InChI=1S/C12H24N2O2/c1-4-5-12(2,3)10-16-11(15)14-8-6-13-7-9-14/h13H,4-10H2,1-3H3. The Morgan fingerprint density at radius 2 is 2.00 bits per heavy atom. The van der Waals surface area contributed by atoms with Gasteiger partial charge in [0.1, 0.15) is 0 Å². The number of hydrogen-bond acceptors (Lipinski definition) is 3. The fourth-order valence-corrected chi connectivity index (χ4v) is 1.94. The molecule has 4 heteroatoms. The number of amides is 1. The lowest BCUT2D eigenvalue weighted by Crippen LogP contribution is -2.47. The first-order chi connectivity index (χ1) is 7.55. The van der Waals surface area contributed by atoms with E-state index in [0.717, 1.165) is 39.0 Å². The fourth-order valence-electron chi connectivity index (χ4n) is 1.94. The number of nitrogens with zero attached hydrogens (tertiary/aromatic N) is 1. The van der Waals surface area contributed by atoms with E-state index in [4.69, 9.17) is 4.74 Å². The number of rotatable bonds is 4. The lowest BCUT2D eigenvalue weighted by atomic mass is 9.89. The van der Waals surface area contributed by atoms with E-state index in [-0.39, 0.29) is 11.5 Å². The van der Waals surface area contributed by atoms with Gasteiger partial charge in [0.25, 0.3) is 0 Å². The van der Waals surface area contributed by atoms with Crippen molar-refractivity contribution in [3.05, 3.63) is 0 Å². The molecule has 1 N–H and O–H groups in total. The van der Waals surface area contributed by atoms with Crippen LogP contribution in [0.15, 0.2) is 0 Å². The summed E-state index contributed by atoms with van der Waals surface area (Å²) in [7, 11) is 0. The van der Waals surface area contributed by atoms with Gasteiger partial charge in [-0.3, -0.25) is 0 Å². The maximum atomic E-state index is 11.7. The smallest absolute Gasteiger partial charge is 0.409 e. The highest BCUT2D eigenvalue weighted by atomic mass is 16.6. The van der Waals surface area contributed by atoms with Crippen molar-refractivity contribution in [3.8, 4) is 0 Å². The molecule has 0 saturated carbocycles. The van der Waals surface area contributed by atoms with Crippen LogP contribution in [0.5, 0.6) is 0 Å². The second-order valence-electron chi connectivity index (χ2n) is 5.21. The molecule has 0 atom stereocenters. The zero-order valence-corrected chi connectivity index (χ0v) is 10.7. The van der Waals surface area contributed by atoms with Crippen LogP contribution in [0.4, 0.5) is 4.79 Å². The molecule has 94 valence electrons. The molecule has 0 radical (unpaired) electrons. The quantitative estimate of drug-likeness (QED) is 0.798. The third kappa shape index (κ3) is 4.39. The van der Waals surface area contributed by atoms with Crippen molar-refractivity contribution < 1.29 is 9.53 Å². The summed E-state index contributed by atoms with van der Waals surface area (Å²) < 4.78 is 5.36. The topological polar surface area (TPSA) is 41.6 Å². The molecular formula is C12H24N2O2. The highest BCUT2D eigenvalue weighted by Gasteiger charge is 2.22. The SMILES string of the molecule is CCCC(C)(C)COC(=O)N1CCNCC1. The molecule has 16 heavy (non-hydrogen) atoms.